The minimum absolute atomic E-state index is 0.253. The fourth-order valence-electron chi connectivity index (χ4n) is 2.96. The maximum absolute atomic E-state index is 10.9. The van der Waals surface area contributed by atoms with Crippen molar-refractivity contribution in [3.63, 3.8) is 0 Å². The zero-order chi connectivity index (χ0) is 14.2. The first-order chi connectivity index (χ1) is 9.60. The predicted octanol–water partition coefficient (Wildman–Crippen LogP) is 4.00. The third-order valence-electron chi connectivity index (χ3n) is 4.06. The van der Waals surface area contributed by atoms with Crippen LogP contribution in [0.15, 0.2) is 48.5 Å². The molecule has 2 nitrogen and oxygen atoms in total. The molecule has 0 amide bonds. The maximum atomic E-state index is 10.9. The number of fused-ring (bicyclic) bond motifs is 1. The molecule has 0 saturated heterocycles. The van der Waals surface area contributed by atoms with Gasteiger partial charge in [-0.25, -0.2) is 0 Å². The number of ether oxygens (including phenoxy) is 1. The minimum Gasteiger partial charge on any atom is -0.487 e. The van der Waals surface area contributed by atoms with Crippen molar-refractivity contribution in [1.82, 2.24) is 0 Å². The van der Waals surface area contributed by atoms with Gasteiger partial charge in [0.15, 0.2) is 0 Å². The van der Waals surface area contributed by atoms with Crippen molar-refractivity contribution in [3.8, 4) is 5.75 Å². The first kappa shape index (κ1) is 12.9. The van der Waals surface area contributed by atoms with E-state index in [9.17, 15) is 4.79 Å². The second-order valence-electron chi connectivity index (χ2n) is 5.86. The van der Waals surface area contributed by atoms with Crippen LogP contribution in [0, 0.1) is 0 Å². The van der Waals surface area contributed by atoms with Gasteiger partial charge in [-0.05, 0) is 49.6 Å². The number of carbonyl (C=O) groups is 1. The molecular formula is C18H18O2. The molecule has 1 aliphatic rings. The molecule has 1 atom stereocenters. The van der Waals surface area contributed by atoms with Crippen LogP contribution in [0.3, 0.4) is 0 Å². The molecule has 102 valence electrons. The maximum Gasteiger partial charge on any atom is 0.150 e. The summed E-state index contributed by atoms with van der Waals surface area (Å²) in [7, 11) is 0. The van der Waals surface area contributed by atoms with E-state index in [0.717, 1.165) is 24.0 Å². The van der Waals surface area contributed by atoms with Crippen molar-refractivity contribution in [3.05, 3.63) is 65.2 Å². The molecule has 1 aliphatic heterocycles. The Morgan fingerprint density at radius 3 is 2.60 bits per heavy atom. The van der Waals surface area contributed by atoms with Crippen LogP contribution in [0.1, 0.15) is 41.3 Å². The van der Waals surface area contributed by atoms with Crippen LogP contribution in [0.5, 0.6) is 5.75 Å². The number of aldehydes is 1. The molecule has 0 fully saturated rings. The van der Waals surface area contributed by atoms with E-state index in [2.05, 4.69) is 38.1 Å². The molecule has 0 aromatic heterocycles. The van der Waals surface area contributed by atoms with E-state index in [0.29, 0.717) is 5.56 Å². The van der Waals surface area contributed by atoms with Gasteiger partial charge in [0.25, 0.3) is 0 Å². The van der Waals surface area contributed by atoms with Crippen LogP contribution in [0.2, 0.25) is 0 Å². The SMILES string of the molecule is CC1(C)Oc2ccc(C=O)cc2CC1c1ccccc1. The quantitative estimate of drug-likeness (QED) is 0.768. The lowest BCUT2D eigenvalue weighted by Crippen LogP contribution is -2.40. The van der Waals surface area contributed by atoms with Gasteiger partial charge in [0.1, 0.15) is 17.6 Å². The molecule has 0 aliphatic carbocycles. The van der Waals surface area contributed by atoms with Crippen LogP contribution < -0.4 is 4.74 Å². The molecule has 0 saturated carbocycles. The molecule has 0 N–H and O–H groups in total. The van der Waals surface area contributed by atoms with Gasteiger partial charge >= 0.3 is 0 Å². The van der Waals surface area contributed by atoms with Crippen LogP contribution in [0.4, 0.5) is 0 Å². The van der Waals surface area contributed by atoms with Crippen molar-refractivity contribution >= 4 is 6.29 Å². The number of hydrogen-bond acceptors (Lipinski definition) is 2. The summed E-state index contributed by atoms with van der Waals surface area (Å²) in [6, 6.07) is 16.1. The molecule has 0 bridgehead atoms. The molecule has 2 aromatic carbocycles. The van der Waals surface area contributed by atoms with E-state index in [-0.39, 0.29) is 11.5 Å². The molecule has 20 heavy (non-hydrogen) atoms. The van der Waals surface area contributed by atoms with Crippen molar-refractivity contribution in [2.45, 2.75) is 31.8 Å². The Morgan fingerprint density at radius 1 is 1.15 bits per heavy atom. The van der Waals surface area contributed by atoms with Gasteiger partial charge in [-0.3, -0.25) is 4.79 Å². The van der Waals surface area contributed by atoms with Crippen molar-refractivity contribution < 1.29 is 9.53 Å². The van der Waals surface area contributed by atoms with Gasteiger partial charge < -0.3 is 4.74 Å². The van der Waals surface area contributed by atoms with Crippen molar-refractivity contribution in [2.75, 3.05) is 0 Å². The van der Waals surface area contributed by atoms with E-state index in [1.165, 1.54) is 5.56 Å². The fraction of sp³-hybridized carbons (Fsp3) is 0.278. The third-order valence-corrected chi connectivity index (χ3v) is 4.06. The molecule has 2 heteroatoms. The Bertz CT molecular complexity index is 629. The Hall–Kier alpha value is -2.09. The van der Waals surface area contributed by atoms with E-state index in [4.69, 9.17) is 4.74 Å². The third kappa shape index (κ3) is 2.22. The molecule has 0 spiro atoms. The summed E-state index contributed by atoms with van der Waals surface area (Å²) in [5, 5.41) is 0. The minimum atomic E-state index is -0.253. The van der Waals surface area contributed by atoms with Gasteiger partial charge in [0.05, 0.1) is 0 Å². The molecular weight excluding hydrogens is 248 g/mol. The summed E-state index contributed by atoms with van der Waals surface area (Å²) >= 11 is 0. The topological polar surface area (TPSA) is 26.3 Å². The van der Waals surface area contributed by atoms with Gasteiger partial charge in [-0.1, -0.05) is 30.3 Å². The highest BCUT2D eigenvalue weighted by molar-refractivity contribution is 5.75. The monoisotopic (exact) mass is 266 g/mol. The number of rotatable bonds is 2. The van der Waals surface area contributed by atoms with E-state index < -0.39 is 0 Å². The van der Waals surface area contributed by atoms with Gasteiger partial charge in [-0.2, -0.15) is 0 Å². The zero-order valence-electron chi connectivity index (χ0n) is 11.8. The average Bonchev–Trinajstić information content (AvgIpc) is 2.46. The first-order valence-electron chi connectivity index (χ1n) is 6.92. The first-order valence-corrected chi connectivity index (χ1v) is 6.92. The van der Waals surface area contributed by atoms with E-state index in [1.807, 2.05) is 24.3 Å². The Balaban J connectivity index is 2.03. The average molecular weight is 266 g/mol. The normalized spacial score (nSPS) is 19.8. The zero-order valence-corrected chi connectivity index (χ0v) is 11.8. The van der Waals surface area contributed by atoms with Crippen LogP contribution >= 0.6 is 0 Å². The molecule has 0 radical (unpaired) electrons. The largest absolute Gasteiger partial charge is 0.487 e. The summed E-state index contributed by atoms with van der Waals surface area (Å²) in [5.74, 6) is 1.19. The van der Waals surface area contributed by atoms with Crippen LogP contribution in [-0.4, -0.2) is 11.9 Å². The summed E-state index contributed by atoms with van der Waals surface area (Å²) in [5.41, 5.74) is 2.85. The Labute approximate surface area is 119 Å². The second-order valence-corrected chi connectivity index (χ2v) is 5.86. The van der Waals surface area contributed by atoms with E-state index >= 15 is 0 Å². The summed E-state index contributed by atoms with van der Waals surface area (Å²) < 4.78 is 6.17. The highest BCUT2D eigenvalue weighted by Gasteiger charge is 2.37. The molecule has 1 heterocycles. The van der Waals surface area contributed by atoms with Gasteiger partial charge in [-0.15, -0.1) is 0 Å². The molecule has 2 aromatic rings. The fourth-order valence-corrected chi connectivity index (χ4v) is 2.96. The summed E-state index contributed by atoms with van der Waals surface area (Å²) in [4.78, 5) is 10.9. The Morgan fingerprint density at radius 2 is 1.90 bits per heavy atom. The van der Waals surface area contributed by atoms with Crippen LogP contribution in [-0.2, 0) is 6.42 Å². The van der Waals surface area contributed by atoms with Crippen LogP contribution in [0.25, 0.3) is 0 Å². The summed E-state index contributed by atoms with van der Waals surface area (Å²) in [6.07, 6.45) is 1.78. The number of benzene rings is 2. The standard InChI is InChI=1S/C18H18O2/c1-18(2)16(14-6-4-3-5-7-14)11-15-10-13(12-19)8-9-17(15)20-18/h3-10,12,16H,11H2,1-2H3. The van der Waals surface area contributed by atoms with Crippen molar-refractivity contribution in [2.24, 2.45) is 0 Å². The lowest BCUT2D eigenvalue weighted by atomic mass is 9.78. The highest BCUT2D eigenvalue weighted by atomic mass is 16.5. The molecule has 1 unspecified atom stereocenters. The smallest absolute Gasteiger partial charge is 0.150 e. The van der Waals surface area contributed by atoms with Crippen molar-refractivity contribution in [1.29, 1.82) is 0 Å². The van der Waals surface area contributed by atoms with Gasteiger partial charge in [0, 0.05) is 11.5 Å². The van der Waals surface area contributed by atoms with E-state index in [1.54, 1.807) is 0 Å². The number of carbonyl (C=O) groups excluding carboxylic acids is 1. The molecule has 3 rings (SSSR count). The highest BCUT2D eigenvalue weighted by Crippen LogP contribution is 2.42. The second kappa shape index (κ2) is 4.78. The number of hydrogen-bond donors (Lipinski definition) is 0. The lowest BCUT2D eigenvalue weighted by molar-refractivity contribution is 0.0614. The predicted molar refractivity (Wildman–Crippen MR) is 79.4 cm³/mol. The Kier molecular flexibility index (Phi) is 3.09. The summed E-state index contributed by atoms with van der Waals surface area (Å²) in [6.45, 7) is 4.25. The lowest BCUT2D eigenvalue weighted by Gasteiger charge is -2.40. The van der Waals surface area contributed by atoms with Gasteiger partial charge in [0.2, 0.25) is 0 Å².